The van der Waals surface area contributed by atoms with Crippen LogP contribution in [0.3, 0.4) is 0 Å². The summed E-state index contributed by atoms with van der Waals surface area (Å²) in [6, 6.07) is 4.83. The number of hydrogen-bond donors (Lipinski definition) is 0. The summed E-state index contributed by atoms with van der Waals surface area (Å²) in [6.45, 7) is 5.20. The van der Waals surface area contributed by atoms with Gasteiger partial charge in [0.05, 0.1) is 17.4 Å². The van der Waals surface area contributed by atoms with Gasteiger partial charge in [0.2, 0.25) is 15.9 Å². The summed E-state index contributed by atoms with van der Waals surface area (Å²) in [4.78, 5) is 14.9. The number of rotatable bonds is 6. The zero-order valence-electron chi connectivity index (χ0n) is 15.6. The Bertz CT molecular complexity index is 747. The van der Waals surface area contributed by atoms with Gasteiger partial charge < -0.3 is 9.64 Å². The number of benzene rings is 1. The van der Waals surface area contributed by atoms with Crippen LogP contribution in [0.5, 0.6) is 0 Å². The first kappa shape index (κ1) is 20.2. The number of piperidine rings is 1. The molecule has 0 N–H and O–H groups in total. The van der Waals surface area contributed by atoms with E-state index >= 15 is 0 Å². The zero-order chi connectivity index (χ0) is 19.4. The third kappa shape index (κ3) is 4.67. The molecule has 1 aromatic carbocycles. The molecule has 2 saturated heterocycles. The van der Waals surface area contributed by atoms with Crippen LogP contribution in [0.2, 0.25) is 0 Å². The fourth-order valence-electron chi connectivity index (χ4n) is 3.79. The van der Waals surface area contributed by atoms with Crippen molar-refractivity contribution in [1.82, 2.24) is 9.21 Å². The molecule has 8 heteroatoms. The number of ether oxygens (including phenoxy) is 1. The maximum Gasteiger partial charge on any atom is 0.243 e. The van der Waals surface area contributed by atoms with E-state index in [2.05, 4.69) is 0 Å². The van der Waals surface area contributed by atoms with Crippen LogP contribution >= 0.6 is 0 Å². The van der Waals surface area contributed by atoms with Gasteiger partial charge in [0, 0.05) is 38.7 Å². The molecule has 2 atom stereocenters. The molecule has 6 nitrogen and oxygen atoms in total. The predicted molar refractivity (Wildman–Crippen MR) is 99.1 cm³/mol. The molecule has 0 radical (unpaired) electrons. The highest BCUT2D eigenvalue weighted by molar-refractivity contribution is 7.89. The van der Waals surface area contributed by atoms with Gasteiger partial charge in [-0.1, -0.05) is 0 Å². The Morgan fingerprint density at radius 2 is 2.04 bits per heavy atom. The summed E-state index contributed by atoms with van der Waals surface area (Å²) in [7, 11) is -3.72. The molecule has 3 rings (SSSR count). The monoisotopic (exact) mass is 398 g/mol. The Kier molecular flexibility index (Phi) is 6.49. The van der Waals surface area contributed by atoms with Crippen molar-refractivity contribution in [3.8, 4) is 0 Å². The summed E-state index contributed by atoms with van der Waals surface area (Å²) in [5.41, 5.74) is 0. The maximum absolute atomic E-state index is 13.1. The quantitative estimate of drug-likeness (QED) is 0.736. The topological polar surface area (TPSA) is 66.9 Å². The SMILES string of the molecule is CCN(CC1CCOC1)C(=O)C1CCCN(S(=O)(=O)c2ccc(F)cc2)C1. The van der Waals surface area contributed by atoms with Gasteiger partial charge in [0.1, 0.15) is 5.82 Å². The van der Waals surface area contributed by atoms with Crippen LogP contribution in [-0.4, -0.2) is 62.9 Å². The van der Waals surface area contributed by atoms with Crippen molar-refractivity contribution in [2.75, 3.05) is 39.4 Å². The average Bonchev–Trinajstić information content (AvgIpc) is 3.19. The minimum atomic E-state index is -3.72. The van der Waals surface area contributed by atoms with E-state index in [1.54, 1.807) is 0 Å². The van der Waals surface area contributed by atoms with Gasteiger partial charge >= 0.3 is 0 Å². The number of amides is 1. The van der Waals surface area contributed by atoms with Crippen LogP contribution in [0.1, 0.15) is 26.2 Å². The molecular formula is C19H27FN2O4S. The van der Waals surface area contributed by atoms with Gasteiger partial charge in [-0.3, -0.25) is 4.79 Å². The predicted octanol–water partition coefficient (Wildman–Crippen LogP) is 2.11. The summed E-state index contributed by atoms with van der Waals surface area (Å²) < 4.78 is 45.6. The normalized spacial score (nSPS) is 24.1. The van der Waals surface area contributed by atoms with E-state index in [4.69, 9.17) is 4.74 Å². The maximum atomic E-state index is 13.1. The van der Waals surface area contributed by atoms with Crippen molar-refractivity contribution in [2.45, 2.75) is 31.1 Å². The Morgan fingerprint density at radius 1 is 1.30 bits per heavy atom. The van der Waals surface area contributed by atoms with Gasteiger partial charge in [-0.15, -0.1) is 0 Å². The van der Waals surface area contributed by atoms with Gasteiger partial charge in [0.25, 0.3) is 0 Å². The third-order valence-corrected chi connectivity index (χ3v) is 7.26. The smallest absolute Gasteiger partial charge is 0.243 e. The molecule has 0 bridgehead atoms. The number of nitrogens with zero attached hydrogens (tertiary/aromatic N) is 2. The highest BCUT2D eigenvalue weighted by atomic mass is 32.2. The van der Waals surface area contributed by atoms with E-state index in [0.717, 1.165) is 25.2 Å². The summed E-state index contributed by atoms with van der Waals surface area (Å²) >= 11 is 0. The fraction of sp³-hybridized carbons (Fsp3) is 0.632. The Morgan fingerprint density at radius 3 is 2.67 bits per heavy atom. The molecule has 1 aromatic rings. The molecule has 2 fully saturated rings. The first-order chi connectivity index (χ1) is 12.9. The van der Waals surface area contributed by atoms with Crippen LogP contribution in [0, 0.1) is 17.7 Å². The number of carbonyl (C=O) groups excluding carboxylic acids is 1. The molecule has 27 heavy (non-hydrogen) atoms. The van der Waals surface area contributed by atoms with E-state index in [0.29, 0.717) is 45.0 Å². The van der Waals surface area contributed by atoms with E-state index in [1.165, 1.54) is 16.4 Å². The molecule has 1 amide bonds. The molecule has 150 valence electrons. The fourth-order valence-corrected chi connectivity index (χ4v) is 5.31. The van der Waals surface area contributed by atoms with Crippen LogP contribution in [0.25, 0.3) is 0 Å². The van der Waals surface area contributed by atoms with Gasteiger partial charge in [-0.2, -0.15) is 4.31 Å². The minimum Gasteiger partial charge on any atom is -0.381 e. The van der Waals surface area contributed by atoms with Crippen molar-refractivity contribution in [3.63, 3.8) is 0 Å². The second-order valence-electron chi connectivity index (χ2n) is 7.26. The van der Waals surface area contributed by atoms with Crippen molar-refractivity contribution >= 4 is 15.9 Å². The molecular weight excluding hydrogens is 371 g/mol. The van der Waals surface area contributed by atoms with E-state index in [1.807, 2.05) is 11.8 Å². The minimum absolute atomic E-state index is 0.0170. The Balaban J connectivity index is 1.68. The van der Waals surface area contributed by atoms with Crippen molar-refractivity contribution < 1.29 is 22.3 Å². The van der Waals surface area contributed by atoms with E-state index in [9.17, 15) is 17.6 Å². The van der Waals surface area contributed by atoms with Gasteiger partial charge in [-0.25, -0.2) is 12.8 Å². The zero-order valence-corrected chi connectivity index (χ0v) is 16.5. The summed E-state index contributed by atoms with van der Waals surface area (Å²) in [6.07, 6.45) is 2.28. The summed E-state index contributed by atoms with van der Waals surface area (Å²) in [5, 5.41) is 0. The lowest BCUT2D eigenvalue weighted by Crippen LogP contribution is -2.47. The lowest BCUT2D eigenvalue weighted by atomic mass is 9.97. The second kappa shape index (κ2) is 8.67. The van der Waals surface area contributed by atoms with Crippen LogP contribution < -0.4 is 0 Å². The first-order valence-corrected chi connectivity index (χ1v) is 11.0. The number of sulfonamides is 1. The molecule has 0 aliphatic carbocycles. The van der Waals surface area contributed by atoms with Crippen molar-refractivity contribution in [3.05, 3.63) is 30.1 Å². The van der Waals surface area contributed by atoms with Crippen LogP contribution in [0.15, 0.2) is 29.2 Å². The number of halogens is 1. The highest BCUT2D eigenvalue weighted by Gasteiger charge is 2.35. The summed E-state index contributed by atoms with van der Waals surface area (Å²) in [5.74, 6) is -0.439. The molecule has 2 aliphatic heterocycles. The van der Waals surface area contributed by atoms with Crippen LogP contribution in [0.4, 0.5) is 4.39 Å². The lowest BCUT2D eigenvalue weighted by molar-refractivity contribution is -0.137. The van der Waals surface area contributed by atoms with E-state index < -0.39 is 15.8 Å². The average molecular weight is 399 g/mol. The Labute approximate surface area is 160 Å². The number of hydrogen-bond acceptors (Lipinski definition) is 4. The molecule has 0 spiro atoms. The number of carbonyl (C=O) groups is 1. The third-order valence-electron chi connectivity index (χ3n) is 5.38. The molecule has 2 unspecified atom stereocenters. The molecule has 2 aliphatic rings. The molecule has 0 saturated carbocycles. The molecule has 0 aromatic heterocycles. The van der Waals surface area contributed by atoms with Gasteiger partial charge in [-0.05, 0) is 50.5 Å². The van der Waals surface area contributed by atoms with Gasteiger partial charge in [0.15, 0.2) is 0 Å². The van der Waals surface area contributed by atoms with Crippen LogP contribution in [-0.2, 0) is 19.6 Å². The standard InChI is InChI=1S/C19H27FN2O4S/c1-2-21(12-15-9-11-26-14-15)19(23)16-4-3-10-22(13-16)27(24,25)18-7-5-17(20)6-8-18/h5-8,15-16H,2-4,9-14H2,1H3. The van der Waals surface area contributed by atoms with Crippen molar-refractivity contribution in [2.24, 2.45) is 11.8 Å². The van der Waals surface area contributed by atoms with E-state index in [-0.39, 0.29) is 23.3 Å². The largest absolute Gasteiger partial charge is 0.381 e. The highest BCUT2D eigenvalue weighted by Crippen LogP contribution is 2.26. The first-order valence-electron chi connectivity index (χ1n) is 9.54. The lowest BCUT2D eigenvalue weighted by Gasteiger charge is -2.34. The second-order valence-corrected chi connectivity index (χ2v) is 9.20. The Hall–Kier alpha value is -1.51. The molecule has 2 heterocycles. The van der Waals surface area contributed by atoms with Crippen molar-refractivity contribution in [1.29, 1.82) is 0 Å².